The Bertz CT molecular complexity index is 950. The molecule has 0 spiro atoms. The van der Waals surface area contributed by atoms with Crippen LogP contribution >= 0.6 is 0 Å². The summed E-state index contributed by atoms with van der Waals surface area (Å²) in [6, 6.07) is 4.88. The van der Waals surface area contributed by atoms with Crippen molar-refractivity contribution in [2.45, 2.75) is 20.4 Å². The number of rotatable bonds is 4. The van der Waals surface area contributed by atoms with Crippen molar-refractivity contribution in [2.75, 3.05) is 7.11 Å². The van der Waals surface area contributed by atoms with Crippen LogP contribution in [0, 0.1) is 19.7 Å². The largest absolute Gasteiger partial charge is 0.481 e. The van der Waals surface area contributed by atoms with E-state index in [1.165, 1.54) is 13.2 Å². The van der Waals surface area contributed by atoms with E-state index in [1.807, 2.05) is 0 Å². The van der Waals surface area contributed by atoms with Gasteiger partial charge in [-0.2, -0.15) is 0 Å². The number of aryl methyl sites for hydroxylation is 1. The predicted molar refractivity (Wildman–Crippen MR) is 86.0 cm³/mol. The van der Waals surface area contributed by atoms with Crippen molar-refractivity contribution in [1.29, 1.82) is 0 Å². The maximum Gasteiger partial charge on any atom is 0.339 e. The number of carboxylic acids is 1. The van der Waals surface area contributed by atoms with Crippen LogP contribution in [0.2, 0.25) is 0 Å². The molecule has 6 nitrogen and oxygen atoms in total. The normalized spacial score (nSPS) is 11.0. The van der Waals surface area contributed by atoms with Crippen molar-refractivity contribution in [3.8, 4) is 5.88 Å². The third kappa shape index (κ3) is 2.47. The highest BCUT2D eigenvalue weighted by Crippen LogP contribution is 2.27. The number of hydrogen-bond acceptors (Lipinski definition) is 4. The van der Waals surface area contributed by atoms with Crippen LogP contribution in [0.4, 0.5) is 4.39 Å². The van der Waals surface area contributed by atoms with Crippen LogP contribution in [0.15, 0.2) is 24.4 Å². The number of nitrogens with zero attached hydrogens (tertiary/aromatic N) is 3. The quantitative estimate of drug-likeness (QED) is 0.796. The summed E-state index contributed by atoms with van der Waals surface area (Å²) in [5.74, 6) is -1.16. The number of aromatic nitrogens is 3. The molecule has 0 unspecified atom stereocenters. The van der Waals surface area contributed by atoms with Crippen LogP contribution in [-0.4, -0.2) is 32.7 Å². The molecule has 3 aromatic rings. The van der Waals surface area contributed by atoms with Gasteiger partial charge in [-0.15, -0.1) is 0 Å². The van der Waals surface area contributed by atoms with E-state index in [4.69, 9.17) is 4.74 Å². The van der Waals surface area contributed by atoms with E-state index in [1.54, 1.807) is 36.7 Å². The SMILES string of the molecule is COc1nc(C)c(F)cc1Cn1c(C)c(C(=O)O)c2ncccc21. The smallest absolute Gasteiger partial charge is 0.339 e. The van der Waals surface area contributed by atoms with E-state index in [0.29, 0.717) is 28.2 Å². The number of methoxy groups -OCH3 is 1. The zero-order valence-electron chi connectivity index (χ0n) is 13.5. The first kappa shape index (κ1) is 15.9. The molecule has 3 heterocycles. The van der Waals surface area contributed by atoms with Crippen LogP contribution in [0.3, 0.4) is 0 Å². The van der Waals surface area contributed by atoms with Crippen LogP contribution < -0.4 is 4.74 Å². The lowest BCUT2D eigenvalue weighted by atomic mass is 10.2. The minimum atomic E-state index is -1.05. The average Bonchev–Trinajstić information content (AvgIpc) is 2.83. The zero-order valence-corrected chi connectivity index (χ0v) is 13.5. The van der Waals surface area contributed by atoms with Crippen molar-refractivity contribution < 1.29 is 19.0 Å². The van der Waals surface area contributed by atoms with Gasteiger partial charge < -0.3 is 14.4 Å². The topological polar surface area (TPSA) is 77.2 Å². The fourth-order valence-corrected chi connectivity index (χ4v) is 2.81. The van der Waals surface area contributed by atoms with Gasteiger partial charge in [0.1, 0.15) is 16.9 Å². The summed E-state index contributed by atoms with van der Waals surface area (Å²) < 4.78 is 20.9. The third-order valence-electron chi connectivity index (χ3n) is 4.01. The van der Waals surface area contributed by atoms with Gasteiger partial charge in [0.05, 0.1) is 24.9 Å². The summed E-state index contributed by atoms with van der Waals surface area (Å²) >= 11 is 0. The number of carboxylic acid groups (broad SMARTS) is 1. The number of carbonyl (C=O) groups is 1. The summed E-state index contributed by atoms with van der Waals surface area (Å²) in [5, 5.41) is 9.47. The van der Waals surface area contributed by atoms with Crippen molar-refractivity contribution in [3.63, 3.8) is 0 Å². The molecule has 0 radical (unpaired) electrons. The molecule has 0 saturated heterocycles. The Balaban J connectivity index is 2.20. The Kier molecular flexibility index (Phi) is 3.92. The highest BCUT2D eigenvalue weighted by atomic mass is 19.1. The fraction of sp³-hybridized carbons (Fsp3) is 0.235. The van der Waals surface area contributed by atoms with Gasteiger partial charge in [-0.05, 0) is 32.0 Å². The van der Waals surface area contributed by atoms with Crippen LogP contribution in [0.1, 0.15) is 27.3 Å². The molecule has 0 saturated carbocycles. The van der Waals surface area contributed by atoms with Gasteiger partial charge in [-0.25, -0.2) is 14.2 Å². The second-order valence-corrected chi connectivity index (χ2v) is 5.45. The minimum Gasteiger partial charge on any atom is -0.481 e. The maximum absolute atomic E-state index is 13.9. The molecule has 0 fully saturated rings. The lowest BCUT2D eigenvalue weighted by Crippen LogP contribution is -2.08. The second kappa shape index (κ2) is 5.92. The number of ether oxygens (including phenoxy) is 1. The number of fused-ring (bicyclic) bond motifs is 1. The molecule has 7 heteroatoms. The number of pyridine rings is 2. The minimum absolute atomic E-state index is 0.144. The molecule has 24 heavy (non-hydrogen) atoms. The molecular weight excluding hydrogens is 313 g/mol. The van der Waals surface area contributed by atoms with E-state index in [9.17, 15) is 14.3 Å². The van der Waals surface area contributed by atoms with Gasteiger partial charge in [0.25, 0.3) is 0 Å². The molecule has 0 amide bonds. The maximum atomic E-state index is 13.9. The summed E-state index contributed by atoms with van der Waals surface area (Å²) in [7, 11) is 1.47. The highest BCUT2D eigenvalue weighted by Gasteiger charge is 2.21. The fourth-order valence-electron chi connectivity index (χ4n) is 2.81. The van der Waals surface area contributed by atoms with Gasteiger partial charge >= 0.3 is 5.97 Å². The van der Waals surface area contributed by atoms with Crippen LogP contribution in [-0.2, 0) is 6.54 Å². The standard InChI is InChI=1S/C17H16FN3O3/c1-9-12(18)7-11(16(20-9)24-3)8-21-10(2)14(17(22)23)15-13(21)5-4-6-19-15/h4-7H,8H2,1-3H3,(H,22,23). The van der Waals surface area contributed by atoms with E-state index < -0.39 is 11.8 Å². The molecule has 0 aromatic carbocycles. The lowest BCUT2D eigenvalue weighted by molar-refractivity contribution is 0.0697. The average molecular weight is 329 g/mol. The number of aromatic carboxylic acids is 1. The molecule has 0 aliphatic heterocycles. The number of halogens is 1. The van der Waals surface area contributed by atoms with E-state index in [0.717, 1.165) is 0 Å². The molecule has 0 atom stereocenters. The predicted octanol–water partition coefficient (Wildman–Crippen LogP) is 2.94. The number of hydrogen-bond donors (Lipinski definition) is 1. The molecule has 0 aliphatic rings. The molecule has 1 N–H and O–H groups in total. The third-order valence-corrected chi connectivity index (χ3v) is 4.01. The summed E-state index contributed by atoms with van der Waals surface area (Å²) in [6.07, 6.45) is 1.55. The summed E-state index contributed by atoms with van der Waals surface area (Å²) in [4.78, 5) is 19.8. The Labute approximate surface area is 137 Å². The molecule has 3 aromatic heterocycles. The van der Waals surface area contributed by atoms with Crippen molar-refractivity contribution >= 4 is 17.0 Å². The first-order chi connectivity index (χ1) is 11.4. The molecule has 3 rings (SSSR count). The monoisotopic (exact) mass is 329 g/mol. The zero-order chi connectivity index (χ0) is 17.4. The first-order valence-corrected chi connectivity index (χ1v) is 7.31. The van der Waals surface area contributed by atoms with Crippen LogP contribution in [0.5, 0.6) is 5.88 Å². The van der Waals surface area contributed by atoms with Gasteiger partial charge in [-0.1, -0.05) is 0 Å². The first-order valence-electron chi connectivity index (χ1n) is 7.31. The summed E-state index contributed by atoms with van der Waals surface area (Å²) in [5.41, 5.74) is 2.53. The van der Waals surface area contributed by atoms with E-state index in [2.05, 4.69) is 9.97 Å². The lowest BCUT2D eigenvalue weighted by Gasteiger charge is -2.12. The summed E-state index contributed by atoms with van der Waals surface area (Å²) in [6.45, 7) is 3.49. The highest BCUT2D eigenvalue weighted by molar-refractivity contribution is 6.03. The van der Waals surface area contributed by atoms with Crippen molar-refractivity contribution in [2.24, 2.45) is 0 Å². The Morgan fingerprint density at radius 2 is 2.17 bits per heavy atom. The molecule has 124 valence electrons. The van der Waals surface area contributed by atoms with E-state index in [-0.39, 0.29) is 17.8 Å². The van der Waals surface area contributed by atoms with Gasteiger partial charge in [0, 0.05) is 17.5 Å². The van der Waals surface area contributed by atoms with Crippen LogP contribution in [0.25, 0.3) is 11.0 Å². The van der Waals surface area contributed by atoms with E-state index >= 15 is 0 Å². The van der Waals surface area contributed by atoms with Gasteiger partial charge in [0.15, 0.2) is 0 Å². The molecular formula is C17H16FN3O3. The van der Waals surface area contributed by atoms with Crippen molar-refractivity contribution in [3.05, 3.63) is 52.7 Å². The van der Waals surface area contributed by atoms with Gasteiger partial charge in [-0.3, -0.25) is 4.98 Å². The second-order valence-electron chi connectivity index (χ2n) is 5.45. The van der Waals surface area contributed by atoms with Gasteiger partial charge in [0.2, 0.25) is 5.88 Å². The molecule has 0 aliphatic carbocycles. The van der Waals surface area contributed by atoms with Crippen molar-refractivity contribution in [1.82, 2.24) is 14.5 Å². The Morgan fingerprint density at radius 1 is 1.42 bits per heavy atom. The molecule has 0 bridgehead atoms. The Hall–Kier alpha value is -2.96. The Morgan fingerprint density at radius 3 is 2.83 bits per heavy atom.